The molecule has 0 fully saturated rings. The topological polar surface area (TPSA) is 58.2 Å². The molecule has 0 aliphatic rings. The maximum atomic E-state index is 12.2. The third kappa shape index (κ3) is 4.68. The largest absolute Gasteiger partial charge is 0.343 e. The van der Waals surface area contributed by atoms with E-state index in [2.05, 4.69) is 33.2 Å². The molecular formula is C17H16ClIN2O2. The molecule has 23 heavy (non-hydrogen) atoms. The molecule has 2 amide bonds. The first kappa shape index (κ1) is 17.7. The molecule has 0 aliphatic carbocycles. The molecule has 2 N–H and O–H groups in total. The molecule has 2 rings (SSSR count). The first-order valence-electron chi connectivity index (χ1n) is 6.98. The smallest absolute Gasteiger partial charge is 0.252 e. The summed E-state index contributed by atoms with van der Waals surface area (Å²) in [5.74, 6) is -0.602. The Hall–Kier alpha value is -1.60. The van der Waals surface area contributed by atoms with Gasteiger partial charge in [-0.3, -0.25) is 9.59 Å². The van der Waals surface area contributed by atoms with Crippen molar-refractivity contribution in [2.45, 2.75) is 13.8 Å². The first-order valence-corrected chi connectivity index (χ1v) is 8.43. The van der Waals surface area contributed by atoms with Gasteiger partial charge in [-0.05, 0) is 65.8 Å². The maximum absolute atomic E-state index is 12.2. The second-order valence-corrected chi connectivity index (χ2v) is 6.64. The van der Waals surface area contributed by atoms with Crippen molar-refractivity contribution in [2.75, 3.05) is 11.9 Å². The van der Waals surface area contributed by atoms with Crippen LogP contribution in [0, 0.1) is 17.4 Å². The molecule has 0 saturated heterocycles. The molecule has 0 saturated carbocycles. The molecule has 6 heteroatoms. The number of aryl methyl sites for hydroxylation is 2. The Bertz CT molecular complexity index is 762. The van der Waals surface area contributed by atoms with Gasteiger partial charge in [0.15, 0.2) is 0 Å². The Kier molecular flexibility index (Phi) is 6.01. The van der Waals surface area contributed by atoms with Crippen molar-refractivity contribution < 1.29 is 9.59 Å². The van der Waals surface area contributed by atoms with E-state index < -0.39 is 0 Å². The summed E-state index contributed by atoms with van der Waals surface area (Å²) < 4.78 is 0.879. The van der Waals surface area contributed by atoms with Crippen molar-refractivity contribution in [1.82, 2.24) is 5.32 Å². The van der Waals surface area contributed by atoms with Crippen LogP contribution in [-0.4, -0.2) is 18.4 Å². The van der Waals surface area contributed by atoms with E-state index in [1.807, 2.05) is 32.0 Å². The van der Waals surface area contributed by atoms with Crippen molar-refractivity contribution in [3.8, 4) is 0 Å². The lowest BCUT2D eigenvalue weighted by molar-refractivity contribution is -0.115. The number of rotatable bonds is 4. The van der Waals surface area contributed by atoms with Gasteiger partial charge in [-0.15, -0.1) is 0 Å². The number of hydrogen-bond acceptors (Lipinski definition) is 2. The molecule has 4 nitrogen and oxygen atoms in total. The molecule has 2 aromatic rings. The molecule has 2 aromatic carbocycles. The summed E-state index contributed by atoms with van der Waals surface area (Å²) in [6, 6.07) is 10.9. The highest BCUT2D eigenvalue weighted by molar-refractivity contribution is 14.1. The SMILES string of the molecule is Cc1ccc(NC(=O)CNC(=O)c2cccc(C)c2I)c(Cl)c1. The molecule has 0 bridgehead atoms. The molecule has 0 aliphatic heterocycles. The number of benzene rings is 2. The van der Waals surface area contributed by atoms with Crippen LogP contribution in [0.15, 0.2) is 36.4 Å². The van der Waals surface area contributed by atoms with Gasteiger partial charge >= 0.3 is 0 Å². The molecule has 0 unspecified atom stereocenters. The fourth-order valence-corrected chi connectivity index (χ4v) is 2.88. The zero-order valence-corrected chi connectivity index (χ0v) is 15.7. The van der Waals surface area contributed by atoms with Crippen molar-refractivity contribution in [3.63, 3.8) is 0 Å². The van der Waals surface area contributed by atoms with Crippen LogP contribution in [0.2, 0.25) is 5.02 Å². The summed E-state index contributed by atoms with van der Waals surface area (Å²) in [6.45, 7) is 3.74. The van der Waals surface area contributed by atoms with E-state index in [4.69, 9.17) is 11.6 Å². The second kappa shape index (κ2) is 7.79. The summed E-state index contributed by atoms with van der Waals surface area (Å²) in [6.07, 6.45) is 0. The summed E-state index contributed by atoms with van der Waals surface area (Å²) in [7, 11) is 0. The van der Waals surface area contributed by atoms with E-state index in [9.17, 15) is 9.59 Å². The van der Waals surface area contributed by atoms with Crippen molar-refractivity contribution in [3.05, 3.63) is 61.7 Å². The molecular weight excluding hydrogens is 427 g/mol. The van der Waals surface area contributed by atoms with Gasteiger partial charge in [-0.1, -0.05) is 29.8 Å². The van der Waals surface area contributed by atoms with Gasteiger partial charge in [0.1, 0.15) is 0 Å². The summed E-state index contributed by atoms with van der Waals surface area (Å²) in [4.78, 5) is 24.1. The molecule has 0 atom stereocenters. The number of carbonyl (C=O) groups excluding carboxylic acids is 2. The Morgan fingerprint density at radius 1 is 1.17 bits per heavy atom. The van der Waals surface area contributed by atoms with Crippen LogP contribution < -0.4 is 10.6 Å². The molecule has 0 radical (unpaired) electrons. The zero-order valence-electron chi connectivity index (χ0n) is 12.7. The molecule has 120 valence electrons. The van der Waals surface area contributed by atoms with Gasteiger partial charge in [0, 0.05) is 3.57 Å². The highest BCUT2D eigenvalue weighted by Gasteiger charge is 2.13. The van der Waals surface area contributed by atoms with E-state index >= 15 is 0 Å². The van der Waals surface area contributed by atoms with E-state index in [0.29, 0.717) is 16.3 Å². The van der Waals surface area contributed by atoms with Gasteiger partial charge in [-0.2, -0.15) is 0 Å². The number of halogens is 2. The number of amides is 2. The monoisotopic (exact) mass is 442 g/mol. The third-order valence-electron chi connectivity index (χ3n) is 3.24. The normalized spacial score (nSPS) is 10.3. The van der Waals surface area contributed by atoms with Crippen LogP contribution in [-0.2, 0) is 4.79 Å². The quantitative estimate of drug-likeness (QED) is 0.705. The first-order chi connectivity index (χ1) is 10.9. The van der Waals surface area contributed by atoms with E-state index in [0.717, 1.165) is 14.7 Å². The summed E-state index contributed by atoms with van der Waals surface area (Å²) in [5.41, 5.74) is 3.12. The highest BCUT2D eigenvalue weighted by atomic mass is 127. The molecule has 0 aromatic heterocycles. The van der Waals surface area contributed by atoms with Gasteiger partial charge in [0.25, 0.3) is 5.91 Å². The lowest BCUT2D eigenvalue weighted by atomic mass is 10.1. The van der Waals surface area contributed by atoms with Crippen LogP contribution >= 0.6 is 34.2 Å². The number of carbonyl (C=O) groups is 2. The van der Waals surface area contributed by atoms with E-state index in [1.165, 1.54) is 0 Å². The lowest BCUT2D eigenvalue weighted by Crippen LogP contribution is -2.33. The second-order valence-electron chi connectivity index (χ2n) is 5.15. The minimum atomic E-state index is -0.327. The fourth-order valence-electron chi connectivity index (χ4n) is 1.99. The van der Waals surface area contributed by atoms with Gasteiger partial charge in [0.05, 0.1) is 22.8 Å². The fraction of sp³-hybridized carbons (Fsp3) is 0.176. The molecule has 0 spiro atoms. The van der Waals surface area contributed by atoms with Crippen LogP contribution in [0.5, 0.6) is 0 Å². The van der Waals surface area contributed by atoms with E-state index in [-0.39, 0.29) is 18.4 Å². The van der Waals surface area contributed by atoms with Gasteiger partial charge < -0.3 is 10.6 Å². The van der Waals surface area contributed by atoms with Crippen LogP contribution in [0.25, 0.3) is 0 Å². The minimum Gasteiger partial charge on any atom is -0.343 e. The maximum Gasteiger partial charge on any atom is 0.252 e. The predicted molar refractivity (Wildman–Crippen MR) is 101 cm³/mol. The number of hydrogen-bond donors (Lipinski definition) is 2. The van der Waals surface area contributed by atoms with Crippen LogP contribution in [0.4, 0.5) is 5.69 Å². The minimum absolute atomic E-state index is 0.118. The number of anilines is 1. The number of nitrogens with one attached hydrogen (secondary N) is 2. The average molecular weight is 443 g/mol. The lowest BCUT2D eigenvalue weighted by Gasteiger charge is -2.10. The van der Waals surface area contributed by atoms with E-state index in [1.54, 1.807) is 18.2 Å². The third-order valence-corrected chi connectivity index (χ3v) is 4.99. The summed E-state index contributed by atoms with van der Waals surface area (Å²) in [5, 5.41) is 5.77. The van der Waals surface area contributed by atoms with Crippen molar-refractivity contribution in [2.24, 2.45) is 0 Å². The average Bonchev–Trinajstić information content (AvgIpc) is 2.50. The Morgan fingerprint density at radius 2 is 1.91 bits per heavy atom. The van der Waals surface area contributed by atoms with Crippen molar-refractivity contribution in [1.29, 1.82) is 0 Å². The molecule has 0 heterocycles. The Labute approximate surface area is 153 Å². The Morgan fingerprint density at radius 3 is 2.61 bits per heavy atom. The Balaban J connectivity index is 1.96. The van der Waals surface area contributed by atoms with Crippen molar-refractivity contribution >= 4 is 51.7 Å². The van der Waals surface area contributed by atoms with Gasteiger partial charge in [0.2, 0.25) is 5.91 Å². The van der Waals surface area contributed by atoms with Crippen LogP contribution in [0.3, 0.4) is 0 Å². The predicted octanol–water partition coefficient (Wildman–Crippen LogP) is 3.93. The zero-order chi connectivity index (χ0) is 17.0. The standard InChI is InChI=1S/C17H16ClIN2O2/c1-10-6-7-14(13(18)8-10)21-15(22)9-20-17(23)12-5-3-4-11(2)16(12)19/h3-8H,9H2,1-2H3,(H,20,23)(H,21,22). The van der Waals surface area contributed by atoms with Crippen LogP contribution in [0.1, 0.15) is 21.5 Å². The summed E-state index contributed by atoms with van der Waals surface area (Å²) >= 11 is 8.19. The van der Waals surface area contributed by atoms with Gasteiger partial charge in [-0.25, -0.2) is 0 Å². The highest BCUT2D eigenvalue weighted by Crippen LogP contribution is 2.22.